The Balaban J connectivity index is 2.00. The Bertz CT molecular complexity index is 392. The number of hydrogen-bond acceptors (Lipinski definition) is 4. The molecule has 7 nitrogen and oxygen atoms in total. The fraction of sp³-hybridized carbons (Fsp3) is 0.500. The van der Waals surface area contributed by atoms with Gasteiger partial charge >= 0.3 is 12.0 Å². The van der Waals surface area contributed by atoms with E-state index in [0.29, 0.717) is 38.1 Å². The number of nitrogens with one attached hydrogen (secondary N) is 2. The standard InChI is InChI=1S/C12H19N3O4/c13-10(11(16)17)5-1-2-6-14-12(18)15-8-9-4-3-7-19-9/h3-4,7,10H,1-2,5-6,8,13H2,(H,16,17)(H2,14,15,18). The van der Waals surface area contributed by atoms with Crippen LogP contribution in [0.4, 0.5) is 4.79 Å². The molecule has 106 valence electrons. The summed E-state index contributed by atoms with van der Waals surface area (Å²) in [5.41, 5.74) is 5.35. The summed E-state index contributed by atoms with van der Waals surface area (Å²) in [6.07, 6.45) is 3.30. The van der Waals surface area contributed by atoms with Crippen LogP contribution < -0.4 is 16.4 Å². The highest BCUT2D eigenvalue weighted by atomic mass is 16.4. The molecule has 0 aliphatic rings. The van der Waals surface area contributed by atoms with Crippen molar-refractivity contribution in [2.75, 3.05) is 6.54 Å². The number of nitrogens with two attached hydrogens (primary N) is 1. The van der Waals surface area contributed by atoms with E-state index in [0.717, 1.165) is 0 Å². The van der Waals surface area contributed by atoms with Crippen LogP contribution in [-0.2, 0) is 11.3 Å². The van der Waals surface area contributed by atoms with E-state index in [-0.39, 0.29) is 6.03 Å². The highest BCUT2D eigenvalue weighted by Gasteiger charge is 2.10. The first-order chi connectivity index (χ1) is 9.09. The average Bonchev–Trinajstić information content (AvgIpc) is 2.88. The molecule has 1 aromatic rings. The molecule has 7 heteroatoms. The van der Waals surface area contributed by atoms with E-state index in [1.54, 1.807) is 18.4 Å². The lowest BCUT2D eigenvalue weighted by atomic mass is 10.1. The Morgan fingerprint density at radius 2 is 2.16 bits per heavy atom. The third-order valence-corrected chi connectivity index (χ3v) is 2.55. The molecular formula is C12H19N3O4. The van der Waals surface area contributed by atoms with Gasteiger partial charge in [0.05, 0.1) is 12.8 Å². The molecule has 1 heterocycles. The van der Waals surface area contributed by atoms with Gasteiger partial charge in [0, 0.05) is 6.54 Å². The number of amides is 2. The molecule has 0 spiro atoms. The summed E-state index contributed by atoms with van der Waals surface area (Å²) in [4.78, 5) is 21.8. The van der Waals surface area contributed by atoms with Crippen LogP contribution in [0.2, 0.25) is 0 Å². The van der Waals surface area contributed by atoms with Crippen molar-refractivity contribution in [3.63, 3.8) is 0 Å². The number of carboxylic acids is 1. The number of unbranched alkanes of at least 4 members (excludes halogenated alkanes) is 1. The fourth-order valence-electron chi connectivity index (χ4n) is 1.46. The van der Waals surface area contributed by atoms with Gasteiger partial charge in [-0.25, -0.2) is 4.79 Å². The van der Waals surface area contributed by atoms with Crippen LogP contribution in [0.1, 0.15) is 25.0 Å². The molecule has 0 saturated heterocycles. The van der Waals surface area contributed by atoms with E-state index < -0.39 is 12.0 Å². The first-order valence-corrected chi connectivity index (χ1v) is 6.12. The van der Waals surface area contributed by atoms with Crippen LogP contribution >= 0.6 is 0 Å². The van der Waals surface area contributed by atoms with Crippen molar-refractivity contribution in [3.05, 3.63) is 24.2 Å². The van der Waals surface area contributed by atoms with E-state index in [9.17, 15) is 9.59 Å². The van der Waals surface area contributed by atoms with E-state index in [2.05, 4.69) is 10.6 Å². The van der Waals surface area contributed by atoms with Crippen molar-refractivity contribution in [3.8, 4) is 0 Å². The van der Waals surface area contributed by atoms with Gasteiger partial charge in [-0.05, 0) is 31.4 Å². The third-order valence-electron chi connectivity index (χ3n) is 2.55. The van der Waals surface area contributed by atoms with Crippen LogP contribution in [0.3, 0.4) is 0 Å². The van der Waals surface area contributed by atoms with E-state index in [4.69, 9.17) is 15.3 Å². The number of aliphatic carboxylic acids is 1. The minimum Gasteiger partial charge on any atom is -0.480 e. The Labute approximate surface area is 111 Å². The molecular weight excluding hydrogens is 250 g/mol. The van der Waals surface area contributed by atoms with Crippen LogP contribution in [0.15, 0.2) is 22.8 Å². The van der Waals surface area contributed by atoms with Gasteiger partial charge in [0.15, 0.2) is 0 Å². The summed E-state index contributed by atoms with van der Waals surface area (Å²) in [5, 5.41) is 13.9. The molecule has 1 aromatic heterocycles. The van der Waals surface area contributed by atoms with Crippen molar-refractivity contribution in [2.45, 2.75) is 31.8 Å². The molecule has 0 aromatic carbocycles. The van der Waals surface area contributed by atoms with Crippen LogP contribution in [0.5, 0.6) is 0 Å². The minimum atomic E-state index is -0.996. The van der Waals surface area contributed by atoms with Gasteiger partial charge in [0.1, 0.15) is 11.8 Å². The summed E-state index contributed by atoms with van der Waals surface area (Å²) in [6, 6.07) is 2.42. The number of carbonyl (C=O) groups excluding carboxylic acids is 1. The monoisotopic (exact) mass is 269 g/mol. The molecule has 0 aliphatic carbocycles. The summed E-state index contributed by atoms with van der Waals surface area (Å²) < 4.78 is 5.06. The second kappa shape index (κ2) is 8.15. The number of hydrogen-bond donors (Lipinski definition) is 4. The number of urea groups is 1. The first-order valence-electron chi connectivity index (χ1n) is 6.12. The van der Waals surface area contributed by atoms with Gasteiger partial charge in [0.2, 0.25) is 0 Å². The molecule has 1 rings (SSSR count). The fourth-order valence-corrected chi connectivity index (χ4v) is 1.46. The Morgan fingerprint density at radius 1 is 1.37 bits per heavy atom. The molecule has 0 aliphatic heterocycles. The maximum atomic E-state index is 11.4. The molecule has 0 radical (unpaired) electrons. The quantitative estimate of drug-likeness (QED) is 0.517. The van der Waals surface area contributed by atoms with Crippen LogP contribution in [0.25, 0.3) is 0 Å². The Hall–Kier alpha value is -2.02. The molecule has 19 heavy (non-hydrogen) atoms. The molecule has 0 saturated carbocycles. The Morgan fingerprint density at radius 3 is 2.79 bits per heavy atom. The smallest absolute Gasteiger partial charge is 0.320 e. The lowest BCUT2D eigenvalue weighted by Crippen LogP contribution is -2.35. The molecule has 2 amide bonds. The normalized spacial score (nSPS) is 11.8. The van der Waals surface area contributed by atoms with Crippen molar-refractivity contribution >= 4 is 12.0 Å². The van der Waals surface area contributed by atoms with Gasteiger partial charge in [-0.2, -0.15) is 0 Å². The molecule has 1 unspecified atom stereocenters. The third kappa shape index (κ3) is 6.46. The van der Waals surface area contributed by atoms with E-state index in [1.165, 1.54) is 0 Å². The largest absolute Gasteiger partial charge is 0.480 e. The first kappa shape index (κ1) is 15.0. The molecule has 5 N–H and O–H groups in total. The number of furan rings is 1. The summed E-state index contributed by atoms with van der Waals surface area (Å²) >= 11 is 0. The highest BCUT2D eigenvalue weighted by molar-refractivity contribution is 5.73. The predicted molar refractivity (Wildman–Crippen MR) is 68.4 cm³/mol. The number of carboxylic acid groups (broad SMARTS) is 1. The van der Waals surface area contributed by atoms with Gasteiger partial charge in [-0.15, -0.1) is 0 Å². The molecule has 0 fully saturated rings. The maximum absolute atomic E-state index is 11.4. The van der Waals surface area contributed by atoms with Gasteiger partial charge < -0.3 is 25.9 Å². The van der Waals surface area contributed by atoms with E-state index >= 15 is 0 Å². The zero-order chi connectivity index (χ0) is 14.1. The lowest BCUT2D eigenvalue weighted by molar-refractivity contribution is -0.138. The van der Waals surface area contributed by atoms with Crippen molar-refractivity contribution in [1.82, 2.24) is 10.6 Å². The maximum Gasteiger partial charge on any atom is 0.320 e. The summed E-state index contributed by atoms with van der Waals surface area (Å²) in [6.45, 7) is 0.819. The second-order valence-electron chi connectivity index (χ2n) is 4.13. The lowest BCUT2D eigenvalue weighted by Gasteiger charge is -2.08. The van der Waals surface area contributed by atoms with Crippen LogP contribution in [-0.4, -0.2) is 29.7 Å². The van der Waals surface area contributed by atoms with Crippen molar-refractivity contribution in [2.24, 2.45) is 5.73 Å². The zero-order valence-corrected chi connectivity index (χ0v) is 10.6. The van der Waals surface area contributed by atoms with Crippen molar-refractivity contribution in [1.29, 1.82) is 0 Å². The zero-order valence-electron chi connectivity index (χ0n) is 10.6. The van der Waals surface area contributed by atoms with Gasteiger partial charge in [0.25, 0.3) is 0 Å². The number of carbonyl (C=O) groups is 2. The minimum absolute atomic E-state index is 0.279. The second-order valence-corrected chi connectivity index (χ2v) is 4.13. The molecule has 1 atom stereocenters. The summed E-state index contributed by atoms with van der Waals surface area (Å²) in [5.74, 6) is -0.313. The van der Waals surface area contributed by atoms with Crippen molar-refractivity contribution < 1.29 is 19.1 Å². The summed E-state index contributed by atoms with van der Waals surface area (Å²) in [7, 11) is 0. The topological polar surface area (TPSA) is 118 Å². The Kier molecular flexibility index (Phi) is 6.45. The molecule has 0 bridgehead atoms. The highest BCUT2D eigenvalue weighted by Crippen LogP contribution is 1.99. The SMILES string of the molecule is NC(CCCCNC(=O)NCc1ccco1)C(=O)O. The van der Waals surface area contributed by atoms with Crippen LogP contribution in [0, 0.1) is 0 Å². The van der Waals surface area contributed by atoms with Gasteiger partial charge in [-0.3, -0.25) is 4.79 Å². The predicted octanol–water partition coefficient (Wildman–Crippen LogP) is 0.661. The van der Waals surface area contributed by atoms with Gasteiger partial charge in [-0.1, -0.05) is 0 Å². The average molecular weight is 269 g/mol. The van der Waals surface area contributed by atoms with E-state index in [1.807, 2.05) is 0 Å². The number of rotatable bonds is 8.